The average Bonchev–Trinajstić information content (AvgIpc) is 2.95. The summed E-state index contributed by atoms with van der Waals surface area (Å²) in [6.45, 7) is 1.15. The fourth-order valence-electron chi connectivity index (χ4n) is 3.23. The lowest BCUT2D eigenvalue weighted by Gasteiger charge is -2.21. The van der Waals surface area contributed by atoms with E-state index in [4.69, 9.17) is 5.73 Å². The predicted molar refractivity (Wildman–Crippen MR) is 70.8 cm³/mol. The molecule has 0 aromatic carbocycles. The number of nitrogens with two attached hydrogens (primary N) is 1. The lowest BCUT2D eigenvalue weighted by atomic mass is 9.93. The first-order chi connectivity index (χ1) is 8.34. The van der Waals surface area contributed by atoms with E-state index in [1.807, 2.05) is 0 Å². The first-order valence-corrected chi connectivity index (χ1v) is 6.96. The van der Waals surface area contributed by atoms with Crippen LogP contribution in [0.25, 0.3) is 0 Å². The Bertz CT molecular complexity index is 428. The van der Waals surface area contributed by atoms with Gasteiger partial charge in [-0.1, -0.05) is 11.6 Å². The van der Waals surface area contributed by atoms with Crippen LogP contribution in [0.2, 0.25) is 0 Å². The Morgan fingerprint density at radius 3 is 3.06 bits per heavy atom. The molecule has 0 fully saturated rings. The second-order valence-corrected chi connectivity index (χ2v) is 5.41. The fourth-order valence-corrected chi connectivity index (χ4v) is 3.23. The topological polar surface area (TPSA) is 30.9 Å². The van der Waals surface area contributed by atoms with Crippen LogP contribution in [-0.4, -0.2) is 4.57 Å². The highest BCUT2D eigenvalue weighted by molar-refractivity contribution is 5.28. The molecule has 2 N–H and O–H groups in total. The summed E-state index contributed by atoms with van der Waals surface area (Å²) in [4.78, 5) is 0. The van der Waals surface area contributed by atoms with E-state index in [-0.39, 0.29) is 6.04 Å². The highest BCUT2D eigenvalue weighted by atomic mass is 15.0. The van der Waals surface area contributed by atoms with E-state index in [1.54, 1.807) is 5.57 Å². The molecule has 1 atom stereocenters. The maximum atomic E-state index is 6.15. The summed E-state index contributed by atoms with van der Waals surface area (Å²) in [5, 5.41) is 0. The highest BCUT2D eigenvalue weighted by Crippen LogP contribution is 2.29. The molecule has 0 aliphatic heterocycles. The van der Waals surface area contributed by atoms with Crippen LogP contribution < -0.4 is 5.73 Å². The SMILES string of the molecule is NC1CCCc2c1ccn2CCC1=CCCC1. The molecule has 2 nitrogen and oxygen atoms in total. The molecule has 92 valence electrons. The molecule has 0 saturated carbocycles. The van der Waals surface area contributed by atoms with Gasteiger partial charge in [0, 0.05) is 24.5 Å². The molecule has 0 amide bonds. The molecule has 0 saturated heterocycles. The quantitative estimate of drug-likeness (QED) is 0.793. The molecule has 1 unspecified atom stereocenters. The number of allylic oxidation sites excluding steroid dienone is 2. The van der Waals surface area contributed by atoms with Crippen molar-refractivity contribution in [3.8, 4) is 0 Å². The lowest BCUT2D eigenvalue weighted by Crippen LogP contribution is -2.18. The van der Waals surface area contributed by atoms with Gasteiger partial charge in [-0.2, -0.15) is 0 Å². The van der Waals surface area contributed by atoms with E-state index in [0.717, 1.165) is 13.0 Å². The highest BCUT2D eigenvalue weighted by Gasteiger charge is 2.19. The van der Waals surface area contributed by atoms with Crippen LogP contribution in [-0.2, 0) is 13.0 Å². The van der Waals surface area contributed by atoms with E-state index >= 15 is 0 Å². The van der Waals surface area contributed by atoms with E-state index in [1.165, 1.54) is 49.8 Å². The van der Waals surface area contributed by atoms with Crippen LogP contribution in [0.4, 0.5) is 0 Å². The summed E-state index contributed by atoms with van der Waals surface area (Å²) in [6, 6.07) is 2.52. The third-order valence-corrected chi connectivity index (χ3v) is 4.25. The van der Waals surface area contributed by atoms with Gasteiger partial charge in [0.2, 0.25) is 0 Å². The largest absolute Gasteiger partial charge is 0.351 e. The summed E-state index contributed by atoms with van der Waals surface area (Å²) >= 11 is 0. The molecule has 1 aromatic rings. The lowest BCUT2D eigenvalue weighted by molar-refractivity contribution is 0.537. The van der Waals surface area contributed by atoms with Crippen molar-refractivity contribution in [3.63, 3.8) is 0 Å². The Morgan fingerprint density at radius 1 is 1.29 bits per heavy atom. The number of hydrogen-bond acceptors (Lipinski definition) is 1. The van der Waals surface area contributed by atoms with E-state index < -0.39 is 0 Å². The Hall–Kier alpha value is -1.02. The minimum absolute atomic E-state index is 0.283. The Morgan fingerprint density at radius 2 is 2.24 bits per heavy atom. The summed E-state index contributed by atoms with van der Waals surface area (Å²) < 4.78 is 2.44. The van der Waals surface area contributed by atoms with Crippen molar-refractivity contribution >= 4 is 0 Å². The average molecular weight is 230 g/mol. The van der Waals surface area contributed by atoms with Gasteiger partial charge < -0.3 is 10.3 Å². The zero-order chi connectivity index (χ0) is 11.7. The van der Waals surface area contributed by atoms with Gasteiger partial charge in [-0.25, -0.2) is 0 Å². The zero-order valence-corrected chi connectivity index (χ0v) is 10.5. The third kappa shape index (κ3) is 2.19. The second kappa shape index (κ2) is 4.69. The smallest absolute Gasteiger partial charge is 0.0312 e. The van der Waals surface area contributed by atoms with Crippen molar-refractivity contribution in [2.24, 2.45) is 5.73 Å². The van der Waals surface area contributed by atoms with Crippen LogP contribution in [0, 0.1) is 0 Å². The van der Waals surface area contributed by atoms with Crippen molar-refractivity contribution in [3.05, 3.63) is 35.2 Å². The number of nitrogens with zero attached hydrogens (tertiary/aromatic N) is 1. The number of aromatic nitrogens is 1. The molecule has 2 aliphatic carbocycles. The molecule has 3 rings (SSSR count). The molecule has 2 heteroatoms. The van der Waals surface area contributed by atoms with Crippen LogP contribution in [0.1, 0.15) is 55.8 Å². The van der Waals surface area contributed by atoms with Crippen molar-refractivity contribution in [2.75, 3.05) is 0 Å². The minimum Gasteiger partial charge on any atom is -0.351 e. The monoisotopic (exact) mass is 230 g/mol. The van der Waals surface area contributed by atoms with Gasteiger partial charge in [0.25, 0.3) is 0 Å². The normalized spacial score (nSPS) is 23.6. The fraction of sp³-hybridized carbons (Fsp3) is 0.600. The molecule has 0 bridgehead atoms. The zero-order valence-electron chi connectivity index (χ0n) is 10.5. The van der Waals surface area contributed by atoms with Gasteiger partial charge in [0.05, 0.1) is 0 Å². The van der Waals surface area contributed by atoms with Crippen molar-refractivity contribution < 1.29 is 0 Å². The van der Waals surface area contributed by atoms with Gasteiger partial charge in [-0.3, -0.25) is 0 Å². The standard InChI is InChI=1S/C15H22N2/c16-14-6-3-7-15-13(14)9-11-17(15)10-8-12-4-1-2-5-12/h4,9,11,14H,1-3,5-8,10,16H2. The molecular weight excluding hydrogens is 208 g/mol. The molecule has 1 aromatic heterocycles. The first kappa shape index (κ1) is 11.1. The second-order valence-electron chi connectivity index (χ2n) is 5.41. The maximum absolute atomic E-state index is 6.15. The number of rotatable bonds is 3. The van der Waals surface area contributed by atoms with Crippen LogP contribution in [0.5, 0.6) is 0 Å². The summed E-state index contributed by atoms with van der Waals surface area (Å²) in [5.74, 6) is 0. The van der Waals surface area contributed by atoms with Crippen molar-refractivity contribution in [1.82, 2.24) is 4.57 Å². The summed E-state index contributed by atoms with van der Waals surface area (Å²) in [6.07, 6.45) is 13.5. The molecule has 2 aliphatic rings. The molecule has 0 spiro atoms. The van der Waals surface area contributed by atoms with Gasteiger partial charge in [-0.05, 0) is 56.6 Å². The summed E-state index contributed by atoms with van der Waals surface area (Å²) in [7, 11) is 0. The molecular formula is C15H22N2. The van der Waals surface area contributed by atoms with Crippen LogP contribution in [0.15, 0.2) is 23.9 Å². The Balaban J connectivity index is 1.71. The summed E-state index contributed by atoms with van der Waals surface area (Å²) in [5.41, 5.74) is 10.7. The Labute approximate surface area is 104 Å². The van der Waals surface area contributed by atoms with Gasteiger partial charge >= 0.3 is 0 Å². The predicted octanol–water partition coefficient (Wildman–Crippen LogP) is 3.32. The van der Waals surface area contributed by atoms with Crippen molar-refractivity contribution in [1.29, 1.82) is 0 Å². The molecule has 0 radical (unpaired) electrons. The van der Waals surface area contributed by atoms with Gasteiger partial charge in [-0.15, -0.1) is 0 Å². The van der Waals surface area contributed by atoms with Crippen LogP contribution >= 0.6 is 0 Å². The Kier molecular flexibility index (Phi) is 3.06. The van der Waals surface area contributed by atoms with E-state index in [9.17, 15) is 0 Å². The van der Waals surface area contributed by atoms with Crippen LogP contribution in [0.3, 0.4) is 0 Å². The van der Waals surface area contributed by atoms with Gasteiger partial charge in [0.15, 0.2) is 0 Å². The molecule has 17 heavy (non-hydrogen) atoms. The number of fused-ring (bicyclic) bond motifs is 1. The van der Waals surface area contributed by atoms with Gasteiger partial charge in [0.1, 0.15) is 0 Å². The molecule has 1 heterocycles. The van der Waals surface area contributed by atoms with E-state index in [0.29, 0.717) is 0 Å². The third-order valence-electron chi connectivity index (χ3n) is 4.25. The number of hydrogen-bond donors (Lipinski definition) is 1. The minimum atomic E-state index is 0.283. The van der Waals surface area contributed by atoms with E-state index in [2.05, 4.69) is 22.9 Å². The van der Waals surface area contributed by atoms with Crippen molar-refractivity contribution in [2.45, 2.75) is 57.5 Å². The number of aryl methyl sites for hydroxylation is 1. The first-order valence-electron chi connectivity index (χ1n) is 6.96. The maximum Gasteiger partial charge on any atom is 0.0312 e.